The van der Waals surface area contributed by atoms with Gasteiger partial charge < -0.3 is 28.7 Å². The van der Waals surface area contributed by atoms with Gasteiger partial charge in [0.25, 0.3) is 5.91 Å². The Morgan fingerprint density at radius 1 is 0.830 bits per heavy atom. The molecule has 2 amide bonds. The number of amides is 2. The molecule has 1 fully saturated rings. The molecule has 5 aromatic rings. The Hall–Kier alpha value is -4.41. The van der Waals surface area contributed by atoms with E-state index in [1.54, 1.807) is 12.1 Å². The van der Waals surface area contributed by atoms with Crippen LogP contribution in [0, 0.1) is 0 Å². The molecule has 1 aliphatic carbocycles. The molecule has 0 aliphatic heterocycles. The molecule has 9 heteroatoms. The molecule has 0 saturated heterocycles. The van der Waals surface area contributed by atoms with E-state index in [0.29, 0.717) is 23.6 Å². The third-order valence-electron chi connectivity index (χ3n) is 8.91. The van der Waals surface area contributed by atoms with Gasteiger partial charge in [0.1, 0.15) is 11.3 Å². The van der Waals surface area contributed by atoms with E-state index in [4.69, 9.17) is 18.1 Å². The molecule has 1 aromatic heterocycles. The monoisotopic (exact) mass is 652 g/mol. The minimum Gasteiger partial charge on any atom is -0.456 e. The van der Waals surface area contributed by atoms with Crippen LogP contribution in [0.3, 0.4) is 0 Å². The second-order valence-corrected chi connectivity index (χ2v) is 13.9. The number of furan rings is 1. The van der Waals surface area contributed by atoms with Gasteiger partial charge in [-0.15, -0.1) is 0 Å². The largest absolute Gasteiger partial charge is 0.456 e. The molecule has 1 saturated carbocycles. The summed E-state index contributed by atoms with van der Waals surface area (Å²) in [6, 6.07) is 33.0. The highest BCUT2D eigenvalue weighted by molar-refractivity contribution is 8.19. The van der Waals surface area contributed by atoms with E-state index in [1.807, 2.05) is 66.7 Å². The predicted octanol–water partition coefficient (Wildman–Crippen LogP) is 9.07. The molecule has 6 rings (SSSR count). The molecule has 8 nitrogen and oxygen atoms in total. The van der Waals surface area contributed by atoms with Crippen molar-refractivity contribution in [3.63, 3.8) is 0 Å². The Kier molecular flexibility index (Phi) is 10.1. The molecule has 244 valence electrons. The minimum absolute atomic E-state index is 0.0717. The summed E-state index contributed by atoms with van der Waals surface area (Å²) in [5, 5.41) is 6.72. The second kappa shape index (κ2) is 14.6. The number of para-hydroxylation sites is 1. The van der Waals surface area contributed by atoms with Crippen LogP contribution in [0.15, 0.2) is 108 Å². The summed E-state index contributed by atoms with van der Waals surface area (Å²) in [4.78, 5) is 26.4. The Morgan fingerprint density at radius 2 is 1.53 bits per heavy atom. The molecule has 1 heterocycles. The summed E-state index contributed by atoms with van der Waals surface area (Å²) in [6.45, 7) is -0.0717. The van der Waals surface area contributed by atoms with Crippen LogP contribution in [0.5, 0.6) is 0 Å². The van der Waals surface area contributed by atoms with Gasteiger partial charge in [-0.25, -0.2) is 0 Å². The smallest absolute Gasteiger partial charge is 0.251 e. The van der Waals surface area contributed by atoms with Crippen LogP contribution in [-0.4, -0.2) is 37.8 Å². The fourth-order valence-corrected chi connectivity index (χ4v) is 6.68. The van der Waals surface area contributed by atoms with Crippen LogP contribution in [0.1, 0.15) is 71.0 Å². The van der Waals surface area contributed by atoms with E-state index >= 15 is 0 Å². The van der Waals surface area contributed by atoms with E-state index < -0.39 is 16.8 Å². The number of hydrogen-bond donors (Lipinski definition) is 5. The first kappa shape index (κ1) is 32.5. The van der Waals surface area contributed by atoms with Gasteiger partial charge in [-0.3, -0.25) is 9.59 Å². The number of carbonyl (C=O) groups is 2. The van der Waals surface area contributed by atoms with Crippen molar-refractivity contribution in [3.05, 3.63) is 125 Å². The molecule has 1 unspecified atom stereocenters. The highest BCUT2D eigenvalue weighted by atomic mass is 32.3. The van der Waals surface area contributed by atoms with Gasteiger partial charge in [-0.1, -0.05) is 73.9 Å². The lowest BCUT2D eigenvalue weighted by atomic mass is 9.83. The van der Waals surface area contributed by atoms with Gasteiger partial charge in [-0.2, -0.15) is 0 Å². The number of benzene rings is 4. The zero-order chi connectivity index (χ0) is 32.8. The van der Waals surface area contributed by atoms with Crippen molar-refractivity contribution in [2.45, 2.75) is 50.4 Å². The average molecular weight is 653 g/mol. The molecule has 0 spiro atoms. The SMILES string of the molecule is O=C(NCCS(O)(O)O)c1ccc(CC(C(=O)Nc2ccc(-c3cc4ccccc4o3)cc2)c2ccc(C3CCCCC3)cc2)cc1. The number of fused-ring (bicyclic) bond motifs is 1. The first-order chi connectivity index (χ1) is 22.7. The van der Waals surface area contributed by atoms with E-state index in [0.717, 1.165) is 33.4 Å². The van der Waals surface area contributed by atoms with E-state index in [2.05, 4.69) is 34.9 Å². The number of hydrogen-bond acceptors (Lipinski definition) is 6. The van der Waals surface area contributed by atoms with Crippen molar-refractivity contribution in [3.8, 4) is 11.3 Å². The normalized spacial score (nSPS) is 14.9. The molecule has 5 N–H and O–H groups in total. The average Bonchev–Trinajstić information content (AvgIpc) is 3.52. The number of rotatable bonds is 11. The summed E-state index contributed by atoms with van der Waals surface area (Å²) in [5.41, 5.74) is 5.96. The van der Waals surface area contributed by atoms with Crippen LogP contribution >= 0.6 is 10.9 Å². The molecule has 0 bridgehead atoms. The van der Waals surface area contributed by atoms with Crippen LogP contribution in [-0.2, 0) is 11.2 Å². The Balaban J connectivity index is 1.18. The summed E-state index contributed by atoms with van der Waals surface area (Å²) in [7, 11) is -3.67. The molecular formula is C38H40N2O6S. The van der Waals surface area contributed by atoms with Crippen LogP contribution in [0.25, 0.3) is 22.3 Å². The summed E-state index contributed by atoms with van der Waals surface area (Å²) < 4.78 is 33.4. The lowest BCUT2D eigenvalue weighted by molar-refractivity contribution is -0.117. The van der Waals surface area contributed by atoms with Gasteiger partial charge in [0, 0.05) is 28.7 Å². The third kappa shape index (κ3) is 8.50. The summed E-state index contributed by atoms with van der Waals surface area (Å²) in [5.74, 6) is 0.00604. The fraction of sp³-hybridized carbons (Fsp3) is 0.263. The molecule has 1 atom stereocenters. The zero-order valence-corrected chi connectivity index (χ0v) is 26.9. The van der Waals surface area contributed by atoms with Crippen molar-refractivity contribution < 1.29 is 27.7 Å². The van der Waals surface area contributed by atoms with Gasteiger partial charge in [0.15, 0.2) is 0 Å². The summed E-state index contributed by atoms with van der Waals surface area (Å²) in [6.07, 6.45) is 6.65. The highest BCUT2D eigenvalue weighted by Gasteiger charge is 2.23. The lowest BCUT2D eigenvalue weighted by Gasteiger charge is -2.23. The lowest BCUT2D eigenvalue weighted by Crippen LogP contribution is -2.28. The maximum absolute atomic E-state index is 13.9. The molecular weight excluding hydrogens is 612 g/mol. The maximum Gasteiger partial charge on any atom is 0.251 e. The first-order valence-electron chi connectivity index (χ1n) is 16.1. The van der Waals surface area contributed by atoms with Crippen molar-refractivity contribution in [1.29, 1.82) is 0 Å². The minimum atomic E-state index is -3.67. The maximum atomic E-state index is 13.9. The Morgan fingerprint density at radius 3 is 2.21 bits per heavy atom. The predicted molar refractivity (Wildman–Crippen MR) is 188 cm³/mol. The summed E-state index contributed by atoms with van der Waals surface area (Å²) >= 11 is 0. The van der Waals surface area contributed by atoms with Gasteiger partial charge in [0.2, 0.25) is 5.91 Å². The molecule has 47 heavy (non-hydrogen) atoms. The van der Waals surface area contributed by atoms with E-state index in [1.165, 1.54) is 37.7 Å². The number of nitrogens with one attached hydrogen (secondary N) is 2. The van der Waals surface area contributed by atoms with Gasteiger partial charge in [0.05, 0.1) is 22.5 Å². The highest BCUT2D eigenvalue weighted by Crippen LogP contribution is 2.34. The standard InChI is InChI=1S/C38H40N2O6S/c41-37(39-22-23-47(43,44)45)31-12-10-26(11-13-31)24-34(29-16-14-28(15-17-29)27-6-2-1-3-7-27)38(42)40-33-20-18-30(19-21-33)36-25-32-8-4-5-9-35(32)46-36/h4-5,8-21,25,27,34,43-45H,1-3,6-7,22-24H2,(H,39,41)(H,40,42). The Labute approximate surface area is 276 Å². The van der Waals surface area contributed by atoms with Gasteiger partial charge >= 0.3 is 0 Å². The topological polar surface area (TPSA) is 132 Å². The van der Waals surface area contributed by atoms with E-state index in [9.17, 15) is 9.59 Å². The quantitative estimate of drug-likeness (QED) is 0.0967. The van der Waals surface area contributed by atoms with Crippen molar-refractivity contribution >= 4 is 39.3 Å². The Bertz CT molecular complexity index is 1770. The fourth-order valence-electron chi connectivity index (χ4n) is 6.30. The molecule has 1 aliphatic rings. The first-order valence-corrected chi connectivity index (χ1v) is 17.7. The van der Waals surface area contributed by atoms with Gasteiger partial charge in [-0.05, 0) is 90.4 Å². The third-order valence-corrected chi connectivity index (χ3v) is 9.66. The van der Waals surface area contributed by atoms with Crippen LogP contribution < -0.4 is 10.6 Å². The van der Waals surface area contributed by atoms with Crippen molar-refractivity contribution in [2.75, 3.05) is 17.6 Å². The number of carbonyl (C=O) groups excluding carboxylic acids is 2. The van der Waals surface area contributed by atoms with Crippen LogP contribution in [0.4, 0.5) is 5.69 Å². The van der Waals surface area contributed by atoms with Crippen molar-refractivity contribution in [1.82, 2.24) is 5.32 Å². The number of anilines is 1. The molecule has 4 aromatic carbocycles. The zero-order valence-electron chi connectivity index (χ0n) is 26.1. The molecule has 0 radical (unpaired) electrons. The second-order valence-electron chi connectivity index (χ2n) is 12.3. The van der Waals surface area contributed by atoms with Crippen LogP contribution in [0.2, 0.25) is 0 Å². The van der Waals surface area contributed by atoms with E-state index in [-0.39, 0.29) is 24.1 Å². The van der Waals surface area contributed by atoms with Crippen molar-refractivity contribution in [2.24, 2.45) is 0 Å².